The summed E-state index contributed by atoms with van der Waals surface area (Å²) < 4.78 is 10.4. The lowest BCUT2D eigenvalue weighted by atomic mass is 10.3. The standard InChI is InChI=1S/C11H15N5O2/c1-2-17-11-15-9(12)14-10(16-11)13-6-5-8-4-3-7-18-8/h3-4,7H,2,5-6H2,1H3,(H3,12,13,14,15,16). The van der Waals surface area contributed by atoms with Gasteiger partial charge in [-0.1, -0.05) is 0 Å². The Morgan fingerprint density at radius 1 is 1.39 bits per heavy atom. The molecule has 2 heterocycles. The van der Waals surface area contributed by atoms with Crippen molar-refractivity contribution in [1.29, 1.82) is 0 Å². The maximum absolute atomic E-state index is 5.56. The van der Waals surface area contributed by atoms with Crippen molar-refractivity contribution in [2.75, 3.05) is 24.2 Å². The van der Waals surface area contributed by atoms with Crippen LogP contribution < -0.4 is 15.8 Å². The molecule has 0 aliphatic rings. The van der Waals surface area contributed by atoms with E-state index >= 15 is 0 Å². The van der Waals surface area contributed by atoms with E-state index in [0.717, 1.165) is 12.2 Å². The number of rotatable bonds is 6. The number of hydrogen-bond donors (Lipinski definition) is 2. The second-order valence-electron chi connectivity index (χ2n) is 3.49. The quantitative estimate of drug-likeness (QED) is 0.790. The smallest absolute Gasteiger partial charge is 0.323 e. The number of ether oxygens (including phenoxy) is 1. The van der Waals surface area contributed by atoms with Crippen LogP contribution in [0, 0.1) is 0 Å². The number of aromatic nitrogens is 3. The molecule has 7 nitrogen and oxygen atoms in total. The van der Waals surface area contributed by atoms with Crippen molar-refractivity contribution < 1.29 is 9.15 Å². The normalized spacial score (nSPS) is 10.3. The molecule has 0 aliphatic carbocycles. The summed E-state index contributed by atoms with van der Waals surface area (Å²) in [6, 6.07) is 3.99. The summed E-state index contributed by atoms with van der Waals surface area (Å²) in [5.74, 6) is 1.43. The van der Waals surface area contributed by atoms with Crippen LogP contribution in [0.25, 0.3) is 0 Å². The molecule has 18 heavy (non-hydrogen) atoms. The average molecular weight is 249 g/mol. The van der Waals surface area contributed by atoms with Gasteiger partial charge in [-0.05, 0) is 19.1 Å². The molecule has 0 aliphatic heterocycles. The van der Waals surface area contributed by atoms with Gasteiger partial charge in [-0.3, -0.25) is 0 Å². The Morgan fingerprint density at radius 2 is 2.28 bits per heavy atom. The molecule has 2 aromatic rings. The zero-order chi connectivity index (χ0) is 12.8. The van der Waals surface area contributed by atoms with Gasteiger partial charge in [0.05, 0.1) is 12.9 Å². The van der Waals surface area contributed by atoms with Crippen LogP contribution in [0.1, 0.15) is 12.7 Å². The number of nitrogens with one attached hydrogen (secondary N) is 1. The third kappa shape index (κ3) is 3.34. The number of anilines is 2. The van der Waals surface area contributed by atoms with Crippen molar-refractivity contribution in [3.63, 3.8) is 0 Å². The van der Waals surface area contributed by atoms with Crippen LogP contribution in [0.5, 0.6) is 6.01 Å². The Bertz CT molecular complexity index is 486. The molecule has 3 N–H and O–H groups in total. The molecule has 96 valence electrons. The van der Waals surface area contributed by atoms with E-state index in [-0.39, 0.29) is 12.0 Å². The molecule has 0 saturated carbocycles. The first-order valence-electron chi connectivity index (χ1n) is 5.68. The topological polar surface area (TPSA) is 99.1 Å². The van der Waals surface area contributed by atoms with Crippen molar-refractivity contribution in [1.82, 2.24) is 15.0 Å². The first-order chi connectivity index (χ1) is 8.78. The van der Waals surface area contributed by atoms with Crippen molar-refractivity contribution in [3.8, 4) is 6.01 Å². The molecule has 0 amide bonds. The van der Waals surface area contributed by atoms with Crippen molar-refractivity contribution in [3.05, 3.63) is 24.2 Å². The van der Waals surface area contributed by atoms with E-state index in [9.17, 15) is 0 Å². The van der Waals surface area contributed by atoms with E-state index in [0.29, 0.717) is 19.1 Å². The van der Waals surface area contributed by atoms with Gasteiger partial charge in [0.15, 0.2) is 0 Å². The summed E-state index contributed by atoms with van der Waals surface area (Å²) in [6.07, 6.45) is 2.38. The number of nitrogen functional groups attached to an aromatic ring is 1. The van der Waals surface area contributed by atoms with Crippen molar-refractivity contribution in [2.45, 2.75) is 13.3 Å². The largest absolute Gasteiger partial charge is 0.469 e. The molecule has 0 fully saturated rings. The predicted octanol–water partition coefficient (Wildman–Crippen LogP) is 1.10. The van der Waals surface area contributed by atoms with Gasteiger partial charge >= 0.3 is 6.01 Å². The van der Waals surface area contributed by atoms with Gasteiger partial charge in [0.2, 0.25) is 11.9 Å². The summed E-state index contributed by atoms with van der Waals surface area (Å²) in [4.78, 5) is 11.9. The third-order valence-electron chi connectivity index (χ3n) is 2.14. The fraction of sp³-hybridized carbons (Fsp3) is 0.364. The van der Waals surface area contributed by atoms with Gasteiger partial charge in [0.1, 0.15) is 5.76 Å². The second-order valence-corrected chi connectivity index (χ2v) is 3.49. The molecule has 0 spiro atoms. The average Bonchev–Trinajstić information content (AvgIpc) is 2.82. The highest BCUT2D eigenvalue weighted by Crippen LogP contribution is 2.09. The summed E-state index contributed by atoms with van der Waals surface area (Å²) >= 11 is 0. The Hall–Kier alpha value is -2.31. The number of furan rings is 1. The molecule has 0 bridgehead atoms. The van der Waals surface area contributed by atoms with Crippen molar-refractivity contribution >= 4 is 11.9 Å². The van der Waals surface area contributed by atoms with Crippen molar-refractivity contribution in [2.24, 2.45) is 0 Å². The van der Waals surface area contributed by atoms with Crippen LogP contribution >= 0.6 is 0 Å². The first-order valence-corrected chi connectivity index (χ1v) is 5.68. The van der Waals surface area contributed by atoms with Gasteiger partial charge in [-0.2, -0.15) is 15.0 Å². The maximum atomic E-state index is 5.56. The van der Waals surface area contributed by atoms with E-state index in [1.165, 1.54) is 0 Å². The van der Waals surface area contributed by atoms with Gasteiger partial charge in [0.25, 0.3) is 0 Å². The third-order valence-corrected chi connectivity index (χ3v) is 2.14. The lowest BCUT2D eigenvalue weighted by molar-refractivity contribution is 0.312. The minimum atomic E-state index is 0.133. The Kier molecular flexibility index (Phi) is 3.95. The predicted molar refractivity (Wildman–Crippen MR) is 66.3 cm³/mol. The van der Waals surface area contributed by atoms with E-state index in [1.54, 1.807) is 6.26 Å². The van der Waals surface area contributed by atoms with E-state index in [4.69, 9.17) is 14.9 Å². The van der Waals surface area contributed by atoms with Gasteiger partial charge in [-0.15, -0.1) is 0 Å². The number of hydrogen-bond acceptors (Lipinski definition) is 7. The SMILES string of the molecule is CCOc1nc(N)nc(NCCc2ccco2)n1. The van der Waals surface area contributed by atoms with Crippen LogP contribution in [-0.4, -0.2) is 28.1 Å². The lowest BCUT2D eigenvalue weighted by Gasteiger charge is -2.06. The zero-order valence-corrected chi connectivity index (χ0v) is 10.1. The summed E-state index contributed by atoms with van der Waals surface area (Å²) in [6.45, 7) is 2.97. The van der Waals surface area contributed by atoms with Crippen LogP contribution in [0.2, 0.25) is 0 Å². The highest BCUT2D eigenvalue weighted by molar-refractivity contribution is 5.32. The van der Waals surface area contributed by atoms with Gasteiger partial charge < -0.3 is 20.2 Å². The Balaban J connectivity index is 1.92. The molecule has 0 atom stereocenters. The summed E-state index contributed by atoms with van der Waals surface area (Å²) in [5.41, 5.74) is 5.56. The van der Waals surface area contributed by atoms with E-state index in [2.05, 4.69) is 20.3 Å². The summed E-state index contributed by atoms with van der Waals surface area (Å²) in [7, 11) is 0. The highest BCUT2D eigenvalue weighted by atomic mass is 16.5. The molecule has 0 radical (unpaired) electrons. The molecular formula is C11H15N5O2. The molecule has 7 heteroatoms. The first kappa shape index (κ1) is 12.2. The van der Waals surface area contributed by atoms with Gasteiger partial charge in [0, 0.05) is 13.0 Å². The highest BCUT2D eigenvalue weighted by Gasteiger charge is 2.04. The molecule has 2 rings (SSSR count). The molecule has 0 saturated heterocycles. The monoisotopic (exact) mass is 249 g/mol. The molecule has 0 unspecified atom stereocenters. The minimum Gasteiger partial charge on any atom is -0.469 e. The van der Waals surface area contributed by atoms with Gasteiger partial charge in [-0.25, -0.2) is 0 Å². The zero-order valence-electron chi connectivity index (χ0n) is 10.1. The molecule has 0 aromatic carbocycles. The minimum absolute atomic E-state index is 0.133. The maximum Gasteiger partial charge on any atom is 0.323 e. The fourth-order valence-corrected chi connectivity index (χ4v) is 1.40. The second kappa shape index (κ2) is 5.85. The Morgan fingerprint density at radius 3 is 3.00 bits per heavy atom. The fourth-order valence-electron chi connectivity index (χ4n) is 1.40. The van der Waals surface area contributed by atoms with E-state index in [1.807, 2.05) is 19.1 Å². The number of nitrogens with two attached hydrogens (primary N) is 1. The van der Waals surface area contributed by atoms with Crippen LogP contribution in [0.3, 0.4) is 0 Å². The van der Waals surface area contributed by atoms with Crippen LogP contribution in [0.4, 0.5) is 11.9 Å². The number of nitrogens with zero attached hydrogens (tertiary/aromatic N) is 3. The Labute approximate surface area is 104 Å². The molecular weight excluding hydrogens is 234 g/mol. The van der Waals surface area contributed by atoms with E-state index < -0.39 is 0 Å². The lowest BCUT2D eigenvalue weighted by Crippen LogP contribution is -2.11. The van der Waals surface area contributed by atoms with Crippen LogP contribution in [0.15, 0.2) is 22.8 Å². The van der Waals surface area contributed by atoms with Crippen LogP contribution in [-0.2, 0) is 6.42 Å². The summed E-state index contributed by atoms with van der Waals surface area (Å²) in [5, 5.41) is 3.04. The molecule has 2 aromatic heterocycles.